The number of aliphatic hydroxyl groups excluding tert-OH is 1. The lowest BCUT2D eigenvalue weighted by atomic mass is 10.1. The van der Waals surface area contributed by atoms with Crippen molar-refractivity contribution in [1.82, 2.24) is 19.5 Å². The molecule has 3 heterocycles. The maximum atomic E-state index is 9.78. The van der Waals surface area contributed by atoms with E-state index in [0.29, 0.717) is 0 Å². The molecule has 5 nitrogen and oxygen atoms in total. The molecule has 118 valence electrons. The molecule has 1 aromatic carbocycles. The first-order valence-electron chi connectivity index (χ1n) is 8.08. The van der Waals surface area contributed by atoms with Crippen LogP contribution in [0.5, 0.6) is 0 Å². The van der Waals surface area contributed by atoms with Crippen molar-refractivity contribution >= 4 is 5.65 Å². The van der Waals surface area contributed by atoms with E-state index in [2.05, 4.69) is 27.1 Å². The van der Waals surface area contributed by atoms with Crippen LogP contribution >= 0.6 is 0 Å². The zero-order valence-electron chi connectivity index (χ0n) is 13.0. The Morgan fingerprint density at radius 3 is 2.87 bits per heavy atom. The minimum Gasteiger partial charge on any atom is -0.392 e. The van der Waals surface area contributed by atoms with Crippen LogP contribution in [-0.4, -0.2) is 43.8 Å². The number of benzene rings is 1. The molecule has 1 aliphatic heterocycles. The van der Waals surface area contributed by atoms with Crippen molar-refractivity contribution in [3.05, 3.63) is 54.5 Å². The minimum atomic E-state index is -0.199. The lowest BCUT2D eigenvalue weighted by molar-refractivity contribution is 0.0667. The molecule has 1 N–H and O–H groups in total. The first kappa shape index (κ1) is 14.4. The summed E-state index contributed by atoms with van der Waals surface area (Å²) in [6.07, 6.45) is 7.59. The van der Waals surface area contributed by atoms with E-state index >= 15 is 0 Å². The Bertz CT molecular complexity index is 799. The van der Waals surface area contributed by atoms with Crippen LogP contribution in [0.4, 0.5) is 0 Å². The summed E-state index contributed by atoms with van der Waals surface area (Å²) in [6, 6.07) is 10.2. The Kier molecular flexibility index (Phi) is 3.81. The number of likely N-dealkylation sites (tertiary alicyclic amines) is 1. The molecule has 0 amide bonds. The molecule has 3 aromatic rings. The van der Waals surface area contributed by atoms with E-state index < -0.39 is 0 Å². The third kappa shape index (κ3) is 2.98. The SMILES string of the molecule is OC1CCCN(Cc2cnc3c(-c4ccccc4)cnn3c2)C1. The number of piperidine rings is 1. The summed E-state index contributed by atoms with van der Waals surface area (Å²) in [5, 5.41) is 14.2. The van der Waals surface area contributed by atoms with Crippen molar-refractivity contribution in [2.75, 3.05) is 13.1 Å². The third-order valence-corrected chi connectivity index (χ3v) is 4.38. The fourth-order valence-electron chi connectivity index (χ4n) is 3.25. The van der Waals surface area contributed by atoms with Crippen molar-refractivity contribution in [2.45, 2.75) is 25.5 Å². The number of hydrogen-bond donors (Lipinski definition) is 1. The molecule has 4 rings (SSSR count). The largest absolute Gasteiger partial charge is 0.392 e. The molecule has 5 heteroatoms. The summed E-state index contributed by atoms with van der Waals surface area (Å²) < 4.78 is 1.85. The highest BCUT2D eigenvalue weighted by Gasteiger charge is 2.18. The fraction of sp³-hybridized carbons (Fsp3) is 0.333. The molecule has 1 saturated heterocycles. The lowest BCUT2D eigenvalue weighted by Gasteiger charge is -2.29. The molecule has 0 bridgehead atoms. The molecular weight excluding hydrogens is 288 g/mol. The smallest absolute Gasteiger partial charge is 0.162 e. The average Bonchev–Trinajstić information content (AvgIpc) is 2.99. The first-order chi connectivity index (χ1) is 11.3. The summed E-state index contributed by atoms with van der Waals surface area (Å²) in [5.74, 6) is 0. The maximum Gasteiger partial charge on any atom is 0.162 e. The second-order valence-corrected chi connectivity index (χ2v) is 6.19. The Morgan fingerprint density at radius 2 is 2.04 bits per heavy atom. The van der Waals surface area contributed by atoms with Crippen LogP contribution in [0.1, 0.15) is 18.4 Å². The highest BCUT2D eigenvalue weighted by atomic mass is 16.3. The van der Waals surface area contributed by atoms with Gasteiger partial charge in [0.25, 0.3) is 0 Å². The predicted molar refractivity (Wildman–Crippen MR) is 88.9 cm³/mol. The van der Waals surface area contributed by atoms with E-state index in [0.717, 1.165) is 54.8 Å². The van der Waals surface area contributed by atoms with Gasteiger partial charge in [-0.25, -0.2) is 9.50 Å². The van der Waals surface area contributed by atoms with E-state index in [1.165, 1.54) is 0 Å². The van der Waals surface area contributed by atoms with Gasteiger partial charge in [-0.15, -0.1) is 0 Å². The van der Waals surface area contributed by atoms with Crippen molar-refractivity contribution in [3.8, 4) is 11.1 Å². The first-order valence-corrected chi connectivity index (χ1v) is 8.08. The number of aliphatic hydroxyl groups is 1. The topological polar surface area (TPSA) is 53.7 Å². The van der Waals surface area contributed by atoms with Crippen LogP contribution in [0.15, 0.2) is 48.9 Å². The second-order valence-electron chi connectivity index (χ2n) is 6.19. The Hall–Kier alpha value is -2.24. The van der Waals surface area contributed by atoms with E-state index in [9.17, 15) is 5.11 Å². The summed E-state index contributed by atoms with van der Waals surface area (Å²) in [4.78, 5) is 6.89. The van der Waals surface area contributed by atoms with Gasteiger partial charge in [-0.2, -0.15) is 5.10 Å². The lowest BCUT2D eigenvalue weighted by Crippen LogP contribution is -2.37. The van der Waals surface area contributed by atoms with Crippen molar-refractivity contribution in [3.63, 3.8) is 0 Å². The fourth-order valence-corrected chi connectivity index (χ4v) is 3.25. The number of rotatable bonds is 3. The summed E-state index contributed by atoms with van der Waals surface area (Å²) in [6.45, 7) is 2.58. The van der Waals surface area contributed by atoms with Gasteiger partial charge in [-0.3, -0.25) is 4.90 Å². The monoisotopic (exact) mass is 308 g/mol. The van der Waals surface area contributed by atoms with Gasteiger partial charge in [0.15, 0.2) is 5.65 Å². The molecule has 1 atom stereocenters. The molecule has 0 spiro atoms. The van der Waals surface area contributed by atoms with Crippen LogP contribution in [0, 0.1) is 0 Å². The quantitative estimate of drug-likeness (QED) is 0.807. The normalized spacial score (nSPS) is 19.3. The van der Waals surface area contributed by atoms with Gasteiger partial charge in [0.05, 0.1) is 12.3 Å². The zero-order chi connectivity index (χ0) is 15.6. The van der Waals surface area contributed by atoms with E-state index in [1.807, 2.05) is 41.3 Å². The maximum absolute atomic E-state index is 9.78. The molecule has 0 saturated carbocycles. The number of hydrogen-bond acceptors (Lipinski definition) is 4. The van der Waals surface area contributed by atoms with E-state index in [1.54, 1.807) is 0 Å². The van der Waals surface area contributed by atoms with Gasteiger partial charge in [-0.05, 0) is 24.9 Å². The van der Waals surface area contributed by atoms with Gasteiger partial charge in [-0.1, -0.05) is 30.3 Å². The Labute approximate surface area is 135 Å². The van der Waals surface area contributed by atoms with Crippen LogP contribution in [0.3, 0.4) is 0 Å². The molecule has 1 aliphatic rings. The number of aromatic nitrogens is 3. The molecule has 1 unspecified atom stereocenters. The van der Waals surface area contributed by atoms with E-state index in [4.69, 9.17) is 0 Å². The average molecular weight is 308 g/mol. The Balaban J connectivity index is 1.60. The van der Waals surface area contributed by atoms with Crippen molar-refractivity contribution in [2.24, 2.45) is 0 Å². The molecule has 0 aliphatic carbocycles. The second kappa shape index (κ2) is 6.10. The number of nitrogens with zero attached hydrogens (tertiary/aromatic N) is 4. The standard InChI is InChI=1S/C18H20N4O/c23-16-7-4-8-21(13-16)11-14-9-19-18-17(10-20-22(18)12-14)15-5-2-1-3-6-15/h1-3,5-6,9-10,12,16,23H,4,7-8,11,13H2. The molecule has 2 aromatic heterocycles. The van der Waals surface area contributed by atoms with Crippen molar-refractivity contribution in [1.29, 1.82) is 0 Å². The zero-order valence-corrected chi connectivity index (χ0v) is 13.0. The summed E-state index contributed by atoms with van der Waals surface area (Å²) in [7, 11) is 0. The van der Waals surface area contributed by atoms with Gasteiger partial charge in [0, 0.05) is 36.6 Å². The molecular formula is C18H20N4O. The van der Waals surface area contributed by atoms with Gasteiger partial charge < -0.3 is 5.11 Å². The Morgan fingerprint density at radius 1 is 1.17 bits per heavy atom. The number of fused-ring (bicyclic) bond motifs is 1. The third-order valence-electron chi connectivity index (χ3n) is 4.38. The summed E-state index contributed by atoms with van der Waals surface area (Å²) in [5.41, 5.74) is 4.17. The summed E-state index contributed by atoms with van der Waals surface area (Å²) >= 11 is 0. The van der Waals surface area contributed by atoms with Crippen LogP contribution in [0.25, 0.3) is 16.8 Å². The van der Waals surface area contributed by atoms with Gasteiger partial charge in [0.2, 0.25) is 0 Å². The molecule has 1 fully saturated rings. The van der Waals surface area contributed by atoms with Crippen LogP contribution < -0.4 is 0 Å². The molecule has 23 heavy (non-hydrogen) atoms. The minimum absolute atomic E-state index is 0.199. The predicted octanol–water partition coefficient (Wildman–Crippen LogP) is 2.35. The van der Waals surface area contributed by atoms with Gasteiger partial charge in [0.1, 0.15) is 0 Å². The highest BCUT2D eigenvalue weighted by Crippen LogP contribution is 2.23. The van der Waals surface area contributed by atoms with Crippen molar-refractivity contribution < 1.29 is 5.11 Å². The highest BCUT2D eigenvalue weighted by molar-refractivity contribution is 5.76. The van der Waals surface area contributed by atoms with Crippen LogP contribution in [0.2, 0.25) is 0 Å². The number of β-amino-alcohol motifs (C(OH)–C–C–N with tert-alkyl or cyclic N) is 1. The van der Waals surface area contributed by atoms with E-state index in [-0.39, 0.29) is 6.10 Å². The molecule has 0 radical (unpaired) electrons. The van der Waals surface area contributed by atoms with Crippen LogP contribution in [-0.2, 0) is 6.54 Å². The van der Waals surface area contributed by atoms with Gasteiger partial charge >= 0.3 is 0 Å².